The average Bonchev–Trinajstić information content (AvgIpc) is 2.65. The van der Waals surface area contributed by atoms with Crippen molar-refractivity contribution in [2.24, 2.45) is 0 Å². The van der Waals surface area contributed by atoms with E-state index in [2.05, 4.69) is 29.2 Å². The number of aliphatic hydroxyl groups excluding tert-OH is 1. The van der Waals surface area contributed by atoms with Crippen molar-refractivity contribution in [2.75, 3.05) is 19.0 Å². The summed E-state index contributed by atoms with van der Waals surface area (Å²) >= 11 is 0. The van der Waals surface area contributed by atoms with E-state index in [4.69, 9.17) is 0 Å². The molecule has 2 atom stereocenters. The van der Waals surface area contributed by atoms with Crippen LogP contribution in [0.2, 0.25) is 0 Å². The van der Waals surface area contributed by atoms with E-state index in [-0.39, 0.29) is 6.10 Å². The number of benzene rings is 1. The molecule has 0 aliphatic heterocycles. The van der Waals surface area contributed by atoms with Crippen molar-refractivity contribution >= 4 is 5.69 Å². The Kier molecular flexibility index (Phi) is 2.96. The fraction of sp³-hybridized carbons (Fsp3) is 0.538. The summed E-state index contributed by atoms with van der Waals surface area (Å²) in [6.45, 7) is 0. The third-order valence-electron chi connectivity index (χ3n) is 3.29. The summed E-state index contributed by atoms with van der Waals surface area (Å²) in [7, 11) is 4.10. The second kappa shape index (κ2) is 4.23. The number of rotatable bonds is 2. The van der Waals surface area contributed by atoms with Gasteiger partial charge in [-0.2, -0.15) is 0 Å². The summed E-state index contributed by atoms with van der Waals surface area (Å²) < 4.78 is 0. The monoisotopic (exact) mass is 205 g/mol. The number of hydrogen-bond donors (Lipinski definition) is 1. The maximum atomic E-state index is 9.50. The van der Waals surface area contributed by atoms with Crippen LogP contribution in [0.4, 0.5) is 5.69 Å². The Hall–Kier alpha value is -1.02. The van der Waals surface area contributed by atoms with E-state index < -0.39 is 0 Å². The topological polar surface area (TPSA) is 23.5 Å². The summed E-state index contributed by atoms with van der Waals surface area (Å²) in [6, 6.07) is 8.69. The van der Waals surface area contributed by atoms with Crippen molar-refractivity contribution < 1.29 is 5.11 Å². The van der Waals surface area contributed by atoms with E-state index in [1.807, 2.05) is 14.1 Å². The Morgan fingerprint density at radius 3 is 2.27 bits per heavy atom. The zero-order valence-electron chi connectivity index (χ0n) is 9.48. The molecule has 0 heterocycles. The predicted molar refractivity (Wildman–Crippen MR) is 63.4 cm³/mol. The molecule has 1 aliphatic carbocycles. The van der Waals surface area contributed by atoms with E-state index in [1.165, 1.54) is 11.3 Å². The van der Waals surface area contributed by atoms with Gasteiger partial charge in [0.05, 0.1) is 6.10 Å². The zero-order valence-corrected chi connectivity index (χ0v) is 9.48. The molecule has 1 aromatic carbocycles. The second-order valence-electron chi connectivity index (χ2n) is 4.65. The molecule has 1 N–H and O–H groups in total. The zero-order chi connectivity index (χ0) is 10.8. The van der Waals surface area contributed by atoms with Crippen molar-refractivity contribution in [1.29, 1.82) is 0 Å². The van der Waals surface area contributed by atoms with E-state index in [0.29, 0.717) is 5.92 Å². The molecular weight excluding hydrogens is 186 g/mol. The molecule has 0 aromatic heterocycles. The van der Waals surface area contributed by atoms with Gasteiger partial charge in [-0.15, -0.1) is 0 Å². The van der Waals surface area contributed by atoms with Gasteiger partial charge >= 0.3 is 0 Å². The number of nitrogens with zero attached hydrogens (tertiary/aromatic N) is 1. The molecule has 1 fully saturated rings. The number of anilines is 1. The average molecular weight is 205 g/mol. The summed E-state index contributed by atoms with van der Waals surface area (Å²) in [4.78, 5) is 2.10. The van der Waals surface area contributed by atoms with Crippen molar-refractivity contribution in [1.82, 2.24) is 0 Å². The van der Waals surface area contributed by atoms with Crippen LogP contribution in [0, 0.1) is 0 Å². The molecule has 2 heteroatoms. The van der Waals surface area contributed by atoms with Crippen molar-refractivity contribution in [3.8, 4) is 0 Å². The molecule has 1 aliphatic rings. The minimum atomic E-state index is -0.0801. The SMILES string of the molecule is CN(C)c1ccc(C2CCC(O)C2)cc1. The van der Waals surface area contributed by atoms with Crippen LogP contribution in [-0.4, -0.2) is 25.3 Å². The van der Waals surface area contributed by atoms with Crippen LogP contribution in [0.3, 0.4) is 0 Å². The van der Waals surface area contributed by atoms with Crippen LogP contribution < -0.4 is 4.90 Å². The van der Waals surface area contributed by atoms with Crippen LogP contribution in [0.25, 0.3) is 0 Å². The largest absolute Gasteiger partial charge is 0.393 e. The van der Waals surface area contributed by atoms with Gasteiger partial charge in [0.15, 0.2) is 0 Å². The first-order valence-corrected chi connectivity index (χ1v) is 5.62. The first-order valence-electron chi connectivity index (χ1n) is 5.62. The van der Waals surface area contributed by atoms with Crippen LogP contribution in [0.5, 0.6) is 0 Å². The van der Waals surface area contributed by atoms with Gasteiger partial charge in [-0.3, -0.25) is 0 Å². The van der Waals surface area contributed by atoms with E-state index in [0.717, 1.165) is 19.3 Å². The molecular formula is C13H19NO. The highest BCUT2D eigenvalue weighted by Crippen LogP contribution is 2.34. The van der Waals surface area contributed by atoms with Gasteiger partial charge in [0.25, 0.3) is 0 Å². The summed E-state index contributed by atoms with van der Waals surface area (Å²) in [5.74, 6) is 0.566. The molecule has 82 valence electrons. The Morgan fingerprint density at radius 1 is 1.13 bits per heavy atom. The van der Waals surface area contributed by atoms with Gasteiger partial charge < -0.3 is 10.0 Å². The Labute approximate surface area is 91.5 Å². The summed E-state index contributed by atoms with van der Waals surface area (Å²) in [5, 5.41) is 9.50. The third-order valence-corrected chi connectivity index (χ3v) is 3.29. The maximum absolute atomic E-state index is 9.50. The summed E-state index contributed by atoms with van der Waals surface area (Å²) in [5.41, 5.74) is 2.61. The van der Waals surface area contributed by atoms with E-state index >= 15 is 0 Å². The second-order valence-corrected chi connectivity index (χ2v) is 4.65. The Balaban J connectivity index is 2.10. The Morgan fingerprint density at radius 2 is 1.80 bits per heavy atom. The highest BCUT2D eigenvalue weighted by molar-refractivity contribution is 5.46. The van der Waals surface area contributed by atoms with Crippen LogP contribution in [-0.2, 0) is 0 Å². The predicted octanol–water partition coefficient (Wildman–Crippen LogP) is 2.38. The van der Waals surface area contributed by atoms with Gasteiger partial charge in [-0.1, -0.05) is 12.1 Å². The highest BCUT2D eigenvalue weighted by Gasteiger charge is 2.23. The van der Waals surface area contributed by atoms with Gasteiger partial charge in [0.1, 0.15) is 0 Å². The molecule has 0 bridgehead atoms. The fourth-order valence-corrected chi connectivity index (χ4v) is 2.31. The van der Waals surface area contributed by atoms with Crippen molar-refractivity contribution in [3.05, 3.63) is 29.8 Å². The molecule has 2 unspecified atom stereocenters. The lowest BCUT2D eigenvalue weighted by Crippen LogP contribution is -2.08. The minimum absolute atomic E-state index is 0.0801. The lowest BCUT2D eigenvalue weighted by atomic mass is 9.97. The van der Waals surface area contributed by atoms with Crippen LogP contribution >= 0.6 is 0 Å². The van der Waals surface area contributed by atoms with Gasteiger partial charge in [-0.25, -0.2) is 0 Å². The molecule has 2 nitrogen and oxygen atoms in total. The molecule has 15 heavy (non-hydrogen) atoms. The first-order chi connectivity index (χ1) is 7.16. The number of aliphatic hydroxyl groups is 1. The molecule has 0 amide bonds. The summed E-state index contributed by atoms with van der Waals surface area (Å²) in [6.07, 6.45) is 2.94. The third kappa shape index (κ3) is 2.32. The maximum Gasteiger partial charge on any atom is 0.0546 e. The normalized spacial score (nSPS) is 25.5. The van der Waals surface area contributed by atoms with Crippen molar-refractivity contribution in [2.45, 2.75) is 31.3 Å². The van der Waals surface area contributed by atoms with Crippen LogP contribution in [0.1, 0.15) is 30.7 Å². The van der Waals surface area contributed by atoms with Gasteiger partial charge in [0, 0.05) is 19.8 Å². The van der Waals surface area contributed by atoms with Gasteiger partial charge in [0.2, 0.25) is 0 Å². The van der Waals surface area contributed by atoms with Crippen molar-refractivity contribution in [3.63, 3.8) is 0 Å². The molecule has 2 rings (SSSR count). The minimum Gasteiger partial charge on any atom is -0.393 e. The molecule has 0 saturated heterocycles. The molecule has 1 saturated carbocycles. The first kappa shape index (κ1) is 10.5. The van der Waals surface area contributed by atoms with E-state index in [9.17, 15) is 5.11 Å². The van der Waals surface area contributed by atoms with Gasteiger partial charge in [-0.05, 0) is 42.9 Å². The quantitative estimate of drug-likeness (QED) is 0.801. The van der Waals surface area contributed by atoms with Crippen LogP contribution in [0.15, 0.2) is 24.3 Å². The fourth-order valence-electron chi connectivity index (χ4n) is 2.31. The van der Waals surface area contributed by atoms with E-state index in [1.54, 1.807) is 0 Å². The lowest BCUT2D eigenvalue weighted by Gasteiger charge is -2.15. The lowest BCUT2D eigenvalue weighted by molar-refractivity contribution is 0.181. The standard InChI is InChI=1S/C13H19NO/c1-14(2)12-6-3-10(4-7-12)11-5-8-13(15)9-11/h3-4,6-7,11,13,15H,5,8-9H2,1-2H3. The highest BCUT2D eigenvalue weighted by atomic mass is 16.3. The molecule has 0 radical (unpaired) electrons. The number of hydrogen-bond acceptors (Lipinski definition) is 2. The Bertz CT molecular complexity index is 318. The smallest absolute Gasteiger partial charge is 0.0546 e. The molecule has 0 spiro atoms. The molecule has 1 aromatic rings.